The van der Waals surface area contributed by atoms with Crippen molar-refractivity contribution in [2.24, 2.45) is 0 Å². The second-order valence-electron chi connectivity index (χ2n) is 6.52. The van der Waals surface area contributed by atoms with Crippen molar-refractivity contribution < 1.29 is 22.3 Å². The van der Waals surface area contributed by atoms with Gasteiger partial charge in [0.15, 0.2) is 11.5 Å². The summed E-state index contributed by atoms with van der Waals surface area (Å²) in [6, 6.07) is 10.6. The fourth-order valence-electron chi connectivity index (χ4n) is 2.55. The highest BCUT2D eigenvalue weighted by Gasteiger charge is 2.25. The molecule has 0 fully saturated rings. The number of halogens is 1. The van der Waals surface area contributed by atoms with Gasteiger partial charge in [-0.15, -0.1) is 0 Å². The van der Waals surface area contributed by atoms with Crippen molar-refractivity contribution in [1.82, 2.24) is 4.72 Å². The van der Waals surface area contributed by atoms with Gasteiger partial charge in [0.05, 0.1) is 4.90 Å². The van der Waals surface area contributed by atoms with Crippen molar-refractivity contribution in [3.63, 3.8) is 0 Å². The van der Waals surface area contributed by atoms with E-state index in [1.165, 1.54) is 24.3 Å². The van der Waals surface area contributed by atoms with Crippen molar-refractivity contribution in [1.29, 1.82) is 0 Å². The maximum absolute atomic E-state index is 13.1. The van der Waals surface area contributed by atoms with Crippen LogP contribution in [0.2, 0.25) is 0 Å². The Hall–Kier alpha value is -2.12. The van der Waals surface area contributed by atoms with Gasteiger partial charge >= 0.3 is 0 Å². The van der Waals surface area contributed by atoms with Crippen LogP contribution in [-0.2, 0) is 15.4 Å². The zero-order chi connectivity index (χ0) is 18.1. The van der Waals surface area contributed by atoms with Crippen molar-refractivity contribution in [3.8, 4) is 11.5 Å². The number of ether oxygens (including phenoxy) is 2. The molecule has 0 saturated heterocycles. The standard InChI is InChI=1S/C18H20FNO4S/c1-18(2,13-3-5-14(19)6-4-13)12-20-25(21,22)15-7-8-16-17(11-15)24-10-9-23-16/h3-8,11,20H,9-10,12H2,1-2H3. The van der Waals surface area contributed by atoms with Crippen LogP contribution in [-0.4, -0.2) is 28.2 Å². The predicted molar refractivity (Wildman–Crippen MR) is 92.0 cm³/mol. The Balaban J connectivity index is 1.76. The van der Waals surface area contributed by atoms with Crippen molar-refractivity contribution >= 4 is 10.0 Å². The first-order valence-electron chi connectivity index (χ1n) is 7.93. The highest BCUT2D eigenvalue weighted by Crippen LogP contribution is 2.32. The summed E-state index contributed by atoms with van der Waals surface area (Å²) < 4.78 is 51.7. The summed E-state index contributed by atoms with van der Waals surface area (Å²) >= 11 is 0. The maximum Gasteiger partial charge on any atom is 0.240 e. The van der Waals surface area contributed by atoms with Gasteiger partial charge in [0.25, 0.3) is 0 Å². The summed E-state index contributed by atoms with van der Waals surface area (Å²) in [7, 11) is -3.70. The average Bonchev–Trinajstić information content (AvgIpc) is 2.60. The van der Waals surface area contributed by atoms with E-state index in [4.69, 9.17) is 9.47 Å². The molecule has 0 atom stereocenters. The van der Waals surface area contributed by atoms with Gasteiger partial charge in [-0.1, -0.05) is 26.0 Å². The molecule has 0 saturated carbocycles. The summed E-state index contributed by atoms with van der Waals surface area (Å²) in [6.07, 6.45) is 0. The van der Waals surface area contributed by atoms with Gasteiger partial charge in [-0.3, -0.25) is 0 Å². The molecule has 0 spiro atoms. The molecule has 1 aliphatic rings. The monoisotopic (exact) mass is 365 g/mol. The Morgan fingerprint density at radius 1 is 1.04 bits per heavy atom. The smallest absolute Gasteiger partial charge is 0.240 e. The molecule has 7 heteroatoms. The van der Waals surface area contributed by atoms with E-state index in [9.17, 15) is 12.8 Å². The minimum absolute atomic E-state index is 0.117. The molecule has 1 heterocycles. The zero-order valence-corrected chi connectivity index (χ0v) is 14.9. The van der Waals surface area contributed by atoms with Crippen LogP contribution in [0.5, 0.6) is 11.5 Å². The lowest BCUT2D eigenvalue weighted by atomic mass is 9.85. The Morgan fingerprint density at radius 2 is 1.68 bits per heavy atom. The molecule has 1 aliphatic heterocycles. The molecule has 2 aromatic carbocycles. The molecule has 0 aliphatic carbocycles. The molecule has 25 heavy (non-hydrogen) atoms. The van der Waals surface area contributed by atoms with E-state index in [1.54, 1.807) is 18.2 Å². The van der Waals surface area contributed by atoms with Crippen LogP contribution in [0.4, 0.5) is 4.39 Å². The van der Waals surface area contributed by atoms with Gasteiger partial charge in [0.1, 0.15) is 19.0 Å². The summed E-state index contributed by atoms with van der Waals surface area (Å²) in [6.45, 7) is 4.80. The number of rotatable bonds is 5. The second kappa shape index (κ2) is 6.65. The normalized spacial score (nSPS) is 14.4. The minimum atomic E-state index is -3.70. The van der Waals surface area contributed by atoms with Gasteiger partial charge in [-0.25, -0.2) is 17.5 Å². The van der Waals surface area contributed by atoms with Crippen molar-refractivity contribution in [2.45, 2.75) is 24.2 Å². The van der Waals surface area contributed by atoms with Crippen molar-refractivity contribution in [3.05, 3.63) is 53.8 Å². The van der Waals surface area contributed by atoms with E-state index < -0.39 is 15.4 Å². The molecule has 0 amide bonds. The second-order valence-corrected chi connectivity index (χ2v) is 8.29. The summed E-state index contributed by atoms with van der Waals surface area (Å²) in [5, 5.41) is 0. The zero-order valence-electron chi connectivity index (χ0n) is 14.1. The van der Waals surface area contributed by atoms with Crippen LogP contribution in [0.3, 0.4) is 0 Å². The Bertz CT molecular complexity index is 863. The number of nitrogens with one attached hydrogen (secondary N) is 1. The summed E-state index contributed by atoms with van der Waals surface area (Å²) in [4.78, 5) is 0.117. The molecular formula is C18H20FNO4S. The van der Waals surface area contributed by atoms with E-state index in [-0.39, 0.29) is 17.3 Å². The lowest BCUT2D eigenvalue weighted by Crippen LogP contribution is -2.36. The molecule has 2 aromatic rings. The number of hydrogen-bond donors (Lipinski definition) is 1. The number of hydrogen-bond acceptors (Lipinski definition) is 4. The van der Waals surface area contributed by atoms with E-state index in [0.29, 0.717) is 24.7 Å². The van der Waals surface area contributed by atoms with E-state index >= 15 is 0 Å². The predicted octanol–water partition coefficient (Wildman–Crippen LogP) is 2.85. The Morgan fingerprint density at radius 3 is 2.36 bits per heavy atom. The molecule has 5 nitrogen and oxygen atoms in total. The lowest BCUT2D eigenvalue weighted by molar-refractivity contribution is 0.171. The van der Waals surface area contributed by atoms with Crippen LogP contribution in [0.15, 0.2) is 47.4 Å². The third kappa shape index (κ3) is 3.93. The molecule has 1 N–H and O–H groups in total. The van der Waals surface area contributed by atoms with Gasteiger partial charge in [0, 0.05) is 18.0 Å². The molecule has 0 aromatic heterocycles. The highest BCUT2D eigenvalue weighted by molar-refractivity contribution is 7.89. The Labute approximate surface area is 146 Å². The third-order valence-electron chi connectivity index (χ3n) is 4.15. The van der Waals surface area contributed by atoms with Gasteiger partial charge in [0.2, 0.25) is 10.0 Å². The SMILES string of the molecule is CC(C)(CNS(=O)(=O)c1ccc2c(c1)OCCO2)c1ccc(F)cc1. The van der Waals surface area contributed by atoms with Crippen LogP contribution in [0.1, 0.15) is 19.4 Å². The first-order valence-corrected chi connectivity index (χ1v) is 9.42. The van der Waals surface area contributed by atoms with Crippen LogP contribution < -0.4 is 14.2 Å². The van der Waals surface area contributed by atoms with Crippen LogP contribution >= 0.6 is 0 Å². The van der Waals surface area contributed by atoms with Crippen LogP contribution in [0, 0.1) is 5.82 Å². The Kier molecular flexibility index (Phi) is 4.71. The van der Waals surface area contributed by atoms with Gasteiger partial charge < -0.3 is 9.47 Å². The third-order valence-corrected chi connectivity index (χ3v) is 5.55. The molecule has 0 radical (unpaired) electrons. The first-order chi connectivity index (χ1) is 11.8. The molecular weight excluding hydrogens is 345 g/mol. The topological polar surface area (TPSA) is 64.6 Å². The minimum Gasteiger partial charge on any atom is -0.486 e. The number of sulfonamides is 1. The van der Waals surface area contributed by atoms with E-state index in [1.807, 2.05) is 13.8 Å². The average molecular weight is 365 g/mol. The molecule has 0 unspecified atom stereocenters. The van der Waals surface area contributed by atoms with Crippen molar-refractivity contribution in [2.75, 3.05) is 19.8 Å². The largest absolute Gasteiger partial charge is 0.486 e. The fraction of sp³-hybridized carbons (Fsp3) is 0.333. The lowest BCUT2D eigenvalue weighted by Gasteiger charge is -2.26. The molecule has 0 bridgehead atoms. The summed E-state index contributed by atoms with van der Waals surface area (Å²) in [5.41, 5.74) is 0.355. The van der Waals surface area contributed by atoms with E-state index in [0.717, 1.165) is 5.56 Å². The number of benzene rings is 2. The number of fused-ring (bicyclic) bond motifs is 1. The quantitative estimate of drug-likeness (QED) is 0.885. The van der Waals surface area contributed by atoms with Crippen LogP contribution in [0.25, 0.3) is 0 Å². The van der Waals surface area contributed by atoms with Gasteiger partial charge in [-0.05, 0) is 29.8 Å². The first kappa shape index (κ1) is 17.7. The van der Waals surface area contributed by atoms with Gasteiger partial charge in [-0.2, -0.15) is 0 Å². The highest BCUT2D eigenvalue weighted by atomic mass is 32.2. The fourth-order valence-corrected chi connectivity index (χ4v) is 3.78. The van der Waals surface area contributed by atoms with E-state index in [2.05, 4.69) is 4.72 Å². The maximum atomic E-state index is 13.1. The summed E-state index contributed by atoms with van der Waals surface area (Å²) in [5.74, 6) is 0.639. The molecule has 3 rings (SSSR count). The molecule has 134 valence electrons.